The van der Waals surface area contributed by atoms with Gasteiger partial charge in [0.1, 0.15) is 17.3 Å². The highest BCUT2D eigenvalue weighted by atomic mass is 16.5. The first kappa shape index (κ1) is 21.6. The Morgan fingerprint density at radius 3 is 2.71 bits per heavy atom. The first-order chi connectivity index (χ1) is 17.0. The molecule has 6 rings (SSSR count). The van der Waals surface area contributed by atoms with Gasteiger partial charge in [-0.05, 0) is 35.7 Å². The molecule has 10 nitrogen and oxygen atoms in total. The molecule has 0 spiro atoms. The van der Waals surface area contributed by atoms with Crippen LogP contribution in [0, 0.1) is 0 Å². The van der Waals surface area contributed by atoms with E-state index in [1.54, 1.807) is 10.7 Å². The Hall–Kier alpha value is -3.89. The second-order valence-corrected chi connectivity index (χ2v) is 9.04. The van der Waals surface area contributed by atoms with Crippen molar-refractivity contribution in [1.29, 1.82) is 0 Å². The molecular weight excluding hydrogens is 448 g/mol. The number of piperidine rings is 1. The van der Waals surface area contributed by atoms with Gasteiger partial charge in [-0.25, -0.2) is 4.68 Å². The summed E-state index contributed by atoms with van der Waals surface area (Å²) in [6, 6.07) is 14.9. The number of nitrogens with one attached hydrogen (secondary N) is 2. The third kappa shape index (κ3) is 3.62. The number of amides is 3. The van der Waals surface area contributed by atoms with Crippen LogP contribution < -0.4 is 10.6 Å². The lowest BCUT2D eigenvalue weighted by molar-refractivity contribution is -0.136. The van der Waals surface area contributed by atoms with Crippen LogP contribution in [0.1, 0.15) is 40.0 Å². The van der Waals surface area contributed by atoms with Crippen LogP contribution in [-0.2, 0) is 26.4 Å². The molecule has 35 heavy (non-hydrogen) atoms. The van der Waals surface area contributed by atoms with E-state index in [0.717, 1.165) is 22.5 Å². The van der Waals surface area contributed by atoms with Crippen LogP contribution >= 0.6 is 0 Å². The van der Waals surface area contributed by atoms with Crippen LogP contribution in [0.3, 0.4) is 0 Å². The topological polar surface area (TPSA) is 118 Å². The molecule has 2 N–H and O–H groups in total. The first-order valence-electron chi connectivity index (χ1n) is 11.6. The molecule has 4 heterocycles. The zero-order valence-corrected chi connectivity index (χ0v) is 18.9. The Morgan fingerprint density at radius 2 is 1.94 bits per heavy atom. The number of carbonyl (C=O) groups excluding carboxylic acids is 3. The molecule has 178 valence electrons. The maximum atomic E-state index is 13.0. The lowest BCUT2D eigenvalue weighted by Gasteiger charge is -2.37. The molecule has 2 atom stereocenters. The third-order valence-corrected chi connectivity index (χ3v) is 6.96. The van der Waals surface area contributed by atoms with Crippen molar-refractivity contribution in [1.82, 2.24) is 30.5 Å². The minimum atomic E-state index is -0.642. The molecule has 3 aliphatic heterocycles. The molecule has 3 aliphatic rings. The smallest absolute Gasteiger partial charge is 0.255 e. The molecule has 0 bridgehead atoms. The van der Waals surface area contributed by atoms with E-state index in [2.05, 4.69) is 20.9 Å². The quantitative estimate of drug-likeness (QED) is 0.542. The van der Waals surface area contributed by atoms with E-state index in [1.807, 2.05) is 48.7 Å². The lowest BCUT2D eigenvalue weighted by Crippen LogP contribution is -2.52. The monoisotopic (exact) mass is 472 g/mol. The van der Waals surface area contributed by atoms with E-state index in [-0.39, 0.29) is 18.2 Å². The molecule has 0 radical (unpaired) electrons. The van der Waals surface area contributed by atoms with E-state index in [9.17, 15) is 14.4 Å². The number of fused-ring (bicyclic) bond motifs is 1. The van der Waals surface area contributed by atoms with Crippen LogP contribution in [-0.4, -0.2) is 63.4 Å². The van der Waals surface area contributed by atoms with Gasteiger partial charge in [0.15, 0.2) is 0 Å². The first-order valence-corrected chi connectivity index (χ1v) is 11.6. The zero-order valence-electron chi connectivity index (χ0n) is 18.9. The SMILES string of the molecule is O=C1CCC(N2Cc3cc(-n4cc(C5(c6ccccc6)COCCN5)nn4)ccc3C2=O)C(=O)N1. The fourth-order valence-corrected chi connectivity index (χ4v) is 5.12. The summed E-state index contributed by atoms with van der Waals surface area (Å²) in [4.78, 5) is 38.3. The molecule has 3 amide bonds. The van der Waals surface area contributed by atoms with Gasteiger partial charge < -0.3 is 9.64 Å². The number of morpholine rings is 1. The maximum absolute atomic E-state index is 13.0. The van der Waals surface area contributed by atoms with Crippen molar-refractivity contribution in [3.05, 3.63) is 77.1 Å². The van der Waals surface area contributed by atoms with Crippen molar-refractivity contribution in [3.8, 4) is 5.69 Å². The highest BCUT2D eigenvalue weighted by Gasteiger charge is 2.40. The highest BCUT2D eigenvalue weighted by molar-refractivity contribution is 6.05. The Kier molecular flexibility index (Phi) is 5.19. The molecule has 0 saturated carbocycles. The van der Waals surface area contributed by atoms with Gasteiger partial charge in [0.2, 0.25) is 11.8 Å². The number of rotatable bonds is 4. The van der Waals surface area contributed by atoms with Crippen LogP contribution in [0.4, 0.5) is 0 Å². The lowest BCUT2D eigenvalue weighted by atomic mass is 9.87. The molecule has 2 saturated heterocycles. The number of nitrogens with zero attached hydrogens (tertiary/aromatic N) is 4. The fraction of sp³-hybridized carbons (Fsp3) is 0.320. The van der Waals surface area contributed by atoms with Gasteiger partial charge in [0, 0.05) is 25.1 Å². The van der Waals surface area contributed by atoms with Crippen molar-refractivity contribution in [2.24, 2.45) is 0 Å². The van der Waals surface area contributed by atoms with Gasteiger partial charge >= 0.3 is 0 Å². The Bertz CT molecular complexity index is 1310. The molecule has 10 heteroatoms. The summed E-state index contributed by atoms with van der Waals surface area (Å²) >= 11 is 0. The van der Waals surface area contributed by atoms with Gasteiger partial charge in [0.25, 0.3) is 5.91 Å². The number of hydrogen-bond acceptors (Lipinski definition) is 7. The van der Waals surface area contributed by atoms with Gasteiger partial charge in [-0.3, -0.25) is 25.0 Å². The maximum Gasteiger partial charge on any atom is 0.255 e. The van der Waals surface area contributed by atoms with Crippen LogP contribution in [0.25, 0.3) is 5.69 Å². The second-order valence-electron chi connectivity index (χ2n) is 9.04. The largest absolute Gasteiger partial charge is 0.377 e. The number of hydrogen-bond donors (Lipinski definition) is 2. The van der Waals surface area contributed by atoms with E-state index >= 15 is 0 Å². The minimum absolute atomic E-state index is 0.202. The van der Waals surface area contributed by atoms with E-state index in [4.69, 9.17) is 4.74 Å². The summed E-state index contributed by atoms with van der Waals surface area (Å²) in [6.45, 7) is 2.07. The van der Waals surface area contributed by atoms with Crippen LogP contribution in [0.5, 0.6) is 0 Å². The summed E-state index contributed by atoms with van der Waals surface area (Å²) < 4.78 is 7.52. The average Bonchev–Trinajstić information content (AvgIpc) is 3.51. The Balaban J connectivity index is 1.29. The molecule has 2 unspecified atom stereocenters. The number of benzene rings is 2. The molecule has 2 fully saturated rings. The molecule has 1 aromatic heterocycles. The predicted octanol–water partition coefficient (Wildman–Crippen LogP) is 0.892. The van der Waals surface area contributed by atoms with Crippen LogP contribution in [0.2, 0.25) is 0 Å². The van der Waals surface area contributed by atoms with Gasteiger partial charge in [0.05, 0.1) is 25.1 Å². The van der Waals surface area contributed by atoms with Crippen molar-refractivity contribution >= 4 is 17.7 Å². The van der Waals surface area contributed by atoms with Crippen molar-refractivity contribution < 1.29 is 19.1 Å². The van der Waals surface area contributed by atoms with Gasteiger partial charge in [-0.2, -0.15) is 0 Å². The Morgan fingerprint density at radius 1 is 1.09 bits per heavy atom. The van der Waals surface area contributed by atoms with Crippen molar-refractivity contribution in [2.45, 2.75) is 31.0 Å². The van der Waals surface area contributed by atoms with Crippen molar-refractivity contribution in [3.63, 3.8) is 0 Å². The number of aromatic nitrogens is 3. The van der Waals surface area contributed by atoms with E-state index in [0.29, 0.717) is 38.3 Å². The van der Waals surface area contributed by atoms with E-state index < -0.39 is 17.5 Å². The summed E-state index contributed by atoms with van der Waals surface area (Å²) in [5, 5.41) is 14.8. The number of carbonyl (C=O) groups is 3. The van der Waals surface area contributed by atoms with Crippen LogP contribution in [0.15, 0.2) is 54.7 Å². The predicted molar refractivity (Wildman–Crippen MR) is 123 cm³/mol. The molecule has 3 aromatic rings. The number of ether oxygens (including phenoxy) is 1. The van der Waals surface area contributed by atoms with E-state index in [1.165, 1.54) is 4.90 Å². The summed E-state index contributed by atoms with van der Waals surface area (Å²) in [5.74, 6) is -0.922. The molecular formula is C25H24N6O4. The summed E-state index contributed by atoms with van der Waals surface area (Å²) in [5.41, 5.74) is 3.32. The average molecular weight is 473 g/mol. The second kappa shape index (κ2) is 8.40. The highest BCUT2D eigenvalue weighted by Crippen LogP contribution is 2.32. The third-order valence-electron chi connectivity index (χ3n) is 6.96. The summed E-state index contributed by atoms with van der Waals surface area (Å²) in [6.07, 6.45) is 2.44. The van der Waals surface area contributed by atoms with Crippen molar-refractivity contribution in [2.75, 3.05) is 19.8 Å². The minimum Gasteiger partial charge on any atom is -0.377 e. The zero-order chi connectivity index (χ0) is 24.0. The van der Waals surface area contributed by atoms with Gasteiger partial charge in [-0.15, -0.1) is 5.10 Å². The standard InChI is InChI=1S/C25H24N6O4/c32-22-9-8-20(23(33)27-22)30-13-16-12-18(6-7-19(16)24(30)34)31-14-21(28-29-31)25(15-35-11-10-26-25)17-4-2-1-3-5-17/h1-7,12,14,20,26H,8-11,13,15H2,(H,27,32,33). The Labute approximate surface area is 201 Å². The summed E-state index contributed by atoms with van der Waals surface area (Å²) in [7, 11) is 0. The molecule has 0 aliphatic carbocycles. The van der Waals surface area contributed by atoms with Gasteiger partial charge in [-0.1, -0.05) is 35.5 Å². The normalized spacial score (nSPS) is 24.4. The fourth-order valence-electron chi connectivity index (χ4n) is 5.12. The molecule has 2 aromatic carbocycles. The number of imide groups is 1.